The molecule has 0 saturated heterocycles. The third kappa shape index (κ3) is 3.22. The average molecular weight is 299 g/mol. The summed E-state index contributed by atoms with van der Waals surface area (Å²) < 4.78 is 5.53. The lowest BCUT2D eigenvalue weighted by molar-refractivity contribution is -0.305. The topological polar surface area (TPSA) is 79.0 Å². The molecule has 0 atom stereocenters. The predicted molar refractivity (Wildman–Crippen MR) is 77.6 cm³/mol. The number of hydrogen-bond acceptors (Lipinski definition) is 6. The first-order valence-corrected chi connectivity index (χ1v) is 7.36. The van der Waals surface area contributed by atoms with Crippen LogP contribution in [0.1, 0.15) is 6.42 Å². The number of carbonyl (C=O) groups excluding carboxylic acids is 1. The summed E-state index contributed by atoms with van der Waals surface area (Å²) in [6, 6.07) is 13.9. The van der Waals surface area contributed by atoms with Gasteiger partial charge in [0.2, 0.25) is 5.89 Å². The van der Waals surface area contributed by atoms with Crippen LogP contribution in [0.5, 0.6) is 0 Å². The van der Waals surface area contributed by atoms with Crippen molar-refractivity contribution in [3.63, 3.8) is 0 Å². The minimum Gasteiger partial charge on any atom is -0.550 e. The Morgan fingerprint density at radius 2 is 1.95 bits per heavy atom. The molecule has 0 radical (unpaired) electrons. The standard InChI is InChI=1S/C15H12N2O3S/c18-13(19)7-8-21-15-17-16-14(20-15)12-6-5-10-3-1-2-4-11(10)9-12/h1-6,9H,7-8H2,(H,18,19)/p-1. The zero-order valence-corrected chi connectivity index (χ0v) is 11.8. The molecule has 3 rings (SSSR count). The van der Waals surface area contributed by atoms with Crippen LogP contribution in [-0.2, 0) is 4.79 Å². The number of carbonyl (C=O) groups is 1. The molecule has 0 amide bonds. The molecule has 0 unspecified atom stereocenters. The van der Waals surface area contributed by atoms with E-state index in [0.29, 0.717) is 16.9 Å². The van der Waals surface area contributed by atoms with E-state index in [1.807, 2.05) is 42.5 Å². The minimum atomic E-state index is -1.09. The maximum atomic E-state index is 10.3. The highest BCUT2D eigenvalue weighted by Gasteiger charge is 2.09. The Balaban J connectivity index is 1.79. The van der Waals surface area contributed by atoms with Crippen LogP contribution in [-0.4, -0.2) is 21.9 Å². The number of fused-ring (bicyclic) bond motifs is 1. The molecule has 1 aromatic heterocycles. The van der Waals surface area contributed by atoms with E-state index in [4.69, 9.17) is 4.42 Å². The van der Waals surface area contributed by atoms with Gasteiger partial charge < -0.3 is 14.3 Å². The summed E-state index contributed by atoms with van der Waals surface area (Å²) in [6.45, 7) is 0. The molecule has 106 valence electrons. The second kappa shape index (κ2) is 5.97. The van der Waals surface area contributed by atoms with E-state index >= 15 is 0 Å². The van der Waals surface area contributed by atoms with E-state index in [1.165, 1.54) is 11.8 Å². The zero-order valence-electron chi connectivity index (χ0n) is 11.0. The summed E-state index contributed by atoms with van der Waals surface area (Å²) in [6.07, 6.45) is -0.0433. The molecular formula is C15H11N2O3S-. The molecule has 0 fully saturated rings. The Morgan fingerprint density at radius 1 is 1.14 bits per heavy atom. The molecule has 0 spiro atoms. The Hall–Kier alpha value is -2.34. The van der Waals surface area contributed by atoms with E-state index in [9.17, 15) is 9.90 Å². The largest absolute Gasteiger partial charge is 0.550 e. The zero-order chi connectivity index (χ0) is 14.7. The number of rotatable bonds is 5. The van der Waals surface area contributed by atoms with Crippen molar-refractivity contribution in [1.82, 2.24) is 10.2 Å². The number of nitrogens with zero attached hydrogens (tertiary/aromatic N) is 2. The predicted octanol–water partition coefficient (Wildman–Crippen LogP) is 2.12. The third-order valence-electron chi connectivity index (χ3n) is 2.93. The van der Waals surface area contributed by atoms with Crippen LogP contribution in [0.4, 0.5) is 0 Å². The molecule has 6 heteroatoms. The molecular weight excluding hydrogens is 288 g/mol. The van der Waals surface area contributed by atoms with Gasteiger partial charge in [-0.15, -0.1) is 10.2 Å². The molecule has 0 aliphatic heterocycles. The summed E-state index contributed by atoms with van der Waals surface area (Å²) >= 11 is 1.21. The van der Waals surface area contributed by atoms with Gasteiger partial charge in [-0.3, -0.25) is 0 Å². The first-order chi connectivity index (χ1) is 10.2. The molecule has 0 N–H and O–H groups in total. The minimum absolute atomic E-state index is 0.0433. The first-order valence-electron chi connectivity index (χ1n) is 6.38. The van der Waals surface area contributed by atoms with Gasteiger partial charge in [0.05, 0.1) is 0 Å². The van der Waals surface area contributed by atoms with E-state index < -0.39 is 5.97 Å². The van der Waals surface area contributed by atoms with Crippen molar-refractivity contribution < 1.29 is 14.3 Å². The number of aromatic nitrogens is 2. The van der Waals surface area contributed by atoms with E-state index in [0.717, 1.165) is 16.3 Å². The number of hydrogen-bond donors (Lipinski definition) is 0. The lowest BCUT2D eigenvalue weighted by atomic mass is 10.1. The molecule has 0 aliphatic carbocycles. The molecule has 0 aliphatic rings. The smallest absolute Gasteiger partial charge is 0.276 e. The molecule has 21 heavy (non-hydrogen) atoms. The maximum Gasteiger partial charge on any atom is 0.276 e. The van der Waals surface area contributed by atoms with Gasteiger partial charge in [-0.1, -0.05) is 42.1 Å². The van der Waals surface area contributed by atoms with Crippen LogP contribution >= 0.6 is 11.8 Å². The fourth-order valence-corrected chi connectivity index (χ4v) is 2.61. The van der Waals surface area contributed by atoms with Crippen LogP contribution in [0.3, 0.4) is 0 Å². The van der Waals surface area contributed by atoms with Crippen molar-refractivity contribution in [2.75, 3.05) is 5.75 Å². The number of thioether (sulfide) groups is 1. The normalized spacial score (nSPS) is 10.9. The SMILES string of the molecule is O=C([O-])CCSc1nnc(-c2ccc3ccccc3c2)o1. The number of aliphatic carboxylic acids is 1. The second-order valence-electron chi connectivity index (χ2n) is 4.41. The number of benzene rings is 2. The van der Waals surface area contributed by atoms with Gasteiger partial charge in [-0.05, 0) is 29.3 Å². The number of carboxylic acid groups (broad SMARTS) is 1. The average Bonchev–Trinajstić information content (AvgIpc) is 2.95. The van der Waals surface area contributed by atoms with Gasteiger partial charge in [0, 0.05) is 17.3 Å². The van der Waals surface area contributed by atoms with Gasteiger partial charge in [0.1, 0.15) is 0 Å². The van der Waals surface area contributed by atoms with Crippen molar-refractivity contribution in [2.24, 2.45) is 0 Å². The third-order valence-corrected chi connectivity index (χ3v) is 3.75. The van der Waals surface area contributed by atoms with E-state index in [-0.39, 0.29) is 6.42 Å². The van der Waals surface area contributed by atoms with Crippen molar-refractivity contribution >= 4 is 28.5 Å². The molecule has 0 bridgehead atoms. The van der Waals surface area contributed by atoms with Gasteiger partial charge in [0.15, 0.2) is 0 Å². The highest BCUT2D eigenvalue weighted by atomic mass is 32.2. The summed E-state index contributed by atoms with van der Waals surface area (Å²) in [4.78, 5) is 10.3. The fourth-order valence-electron chi connectivity index (χ4n) is 1.93. The molecule has 3 aromatic rings. The maximum absolute atomic E-state index is 10.3. The van der Waals surface area contributed by atoms with Crippen molar-refractivity contribution in [3.8, 4) is 11.5 Å². The van der Waals surface area contributed by atoms with Gasteiger partial charge in [0.25, 0.3) is 5.22 Å². The Labute approximate surface area is 125 Å². The van der Waals surface area contributed by atoms with E-state index in [2.05, 4.69) is 10.2 Å². The molecule has 2 aromatic carbocycles. The molecule has 1 heterocycles. The number of carboxylic acids is 1. The lowest BCUT2D eigenvalue weighted by Crippen LogP contribution is -2.22. The Bertz CT molecular complexity index is 785. The Kier molecular flexibility index (Phi) is 3.87. The quantitative estimate of drug-likeness (QED) is 0.671. The highest BCUT2D eigenvalue weighted by Crippen LogP contribution is 2.26. The molecule has 5 nitrogen and oxygen atoms in total. The van der Waals surface area contributed by atoms with Crippen molar-refractivity contribution in [1.29, 1.82) is 0 Å². The second-order valence-corrected chi connectivity index (χ2v) is 5.45. The van der Waals surface area contributed by atoms with Gasteiger partial charge >= 0.3 is 0 Å². The van der Waals surface area contributed by atoms with Crippen LogP contribution < -0.4 is 5.11 Å². The van der Waals surface area contributed by atoms with Crippen LogP contribution in [0.15, 0.2) is 52.1 Å². The van der Waals surface area contributed by atoms with Gasteiger partial charge in [-0.25, -0.2) is 0 Å². The summed E-state index contributed by atoms with van der Waals surface area (Å²) in [7, 11) is 0. The van der Waals surface area contributed by atoms with Crippen LogP contribution in [0.2, 0.25) is 0 Å². The highest BCUT2D eigenvalue weighted by molar-refractivity contribution is 7.99. The van der Waals surface area contributed by atoms with Gasteiger partial charge in [-0.2, -0.15) is 0 Å². The summed E-state index contributed by atoms with van der Waals surface area (Å²) in [5, 5.41) is 20.8. The Morgan fingerprint density at radius 3 is 2.76 bits per heavy atom. The van der Waals surface area contributed by atoms with Crippen molar-refractivity contribution in [3.05, 3.63) is 42.5 Å². The first kappa shape index (κ1) is 13.6. The van der Waals surface area contributed by atoms with Crippen LogP contribution in [0, 0.1) is 0 Å². The fraction of sp³-hybridized carbons (Fsp3) is 0.133. The van der Waals surface area contributed by atoms with Crippen LogP contribution in [0.25, 0.3) is 22.2 Å². The molecule has 0 saturated carbocycles. The van der Waals surface area contributed by atoms with Crippen molar-refractivity contribution in [2.45, 2.75) is 11.6 Å². The van der Waals surface area contributed by atoms with E-state index in [1.54, 1.807) is 0 Å². The summed E-state index contributed by atoms with van der Waals surface area (Å²) in [5.74, 6) is -0.310. The monoisotopic (exact) mass is 299 g/mol. The summed E-state index contributed by atoms with van der Waals surface area (Å²) in [5.41, 5.74) is 0.841. The lowest BCUT2D eigenvalue weighted by Gasteiger charge is -1.99.